The first-order valence-corrected chi connectivity index (χ1v) is 5.09. The predicted octanol–water partition coefficient (Wildman–Crippen LogP) is 1.31. The van der Waals surface area contributed by atoms with E-state index in [2.05, 4.69) is 5.32 Å². The third-order valence-corrected chi connectivity index (χ3v) is 2.06. The fourth-order valence-corrected chi connectivity index (χ4v) is 1.23. The summed E-state index contributed by atoms with van der Waals surface area (Å²) in [5.41, 5.74) is 0. The molecule has 1 aromatic carbocycles. The maximum absolute atomic E-state index is 12.8. The number of benzene rings is 1. The molecule has 0 aliphatic carbocycles. The maximum atomic E-state index is 12.8. The molecule has 0 fully saturated rings. The second-order valence-corrected chi connectivity index (χ2v) is 3.32. The average Bonchev–Trinajstić information content (AvgIpc) is 2.28. The number of hydrogen-bond donors (Lipinski definition) is 2. The molecule has 1 unspecified atom stereocenters. The largest absolute Gasteiger partial charge is 0.492 e. The van der Waals surface area contributed by atoms with Crippen LogP contribution in [-0.2, 0) is 0 Å². The summed E-state index contributed by atoms with van der Waals surface area (Å²) in [6.45, 7) is 2.74. The van der Waals surface area contributed by atoms with Crippen LogP contribution in [0.2, 0.25) is 0 Å². The van der Waals surface area contributed by atoms with Crippen molar-refractivity contribution in [1.82, 2.24) is 5.32 Å². The highest BCUT2D eigenvalue weighted by Crippen LogP contribution is 2.15. The highest BCUT2D eigenvalue weighted by molar-refractivity contribution is 5.23. The quantitative estimate of drug-likeness (QED) is 0.775. The second-order valence-electron chi connectivity index (χ2n) is 3.32. The van der Waals surface area contributed by atoms with Crippen LogP contribution in [0.4, 0.5) is 8.78 Å². The van der Waals surface area contributed by atoms with Crippen LogP contribution in [0.25, 0.3) is 0 Å². The van der Waals surface area contributed by atoms with Gasteiger partial charge in [0.05, 0.1) is 12.6 Å². The molecule has 1 aromatic rings. The van der Waals surface area contributed by atoms with E-state index in [1.54, 1.807) is 0 Å². The van der Waals surface area contributed by atoms with Crippen LogP contribution >= 0.6 is 0 Å². The first-order chi connectivity index (χ1) is 7.67. The smallest absolute Gasteiger partial charge is 0.162 e. The van der Waals surface area contributed by atoms with E-state index in [1.165, 1.54) is 6.07 Å². The SMILES string of the molecule is CCNC(CO)COc1ccc(F)c(F)c1. The molecule has 1 rings (SSSR count). The average molecular weight is 231 g/mol. The van der Waals surface area contributed by atoms with Crippen molar-refractivity contribution in [3.05, 3.63) is 29.8 Å². The van der Waals surface area contributed by atoms with Crippen LogP contribution in [-0.4, -0.2) is 30.9 Å². The van der Waals surface area contributed by atoms with Gasteiger partial charge in [-0.15, -0.1) is 0 Å². The van der Waals surface area contributed by atoms with Crippen molar-refractivity contribution < 1.29 is 18.6 Å². The molecule has 2 N–H and O–H groups in total. The monoisotopic (exact) mass is 231 g/mol. The van der Waals surface area contributed by atoms with Crippen molar-refractivity contribution in [3.63, 3.8) is 0 Å². The molecule has 0 saturated carbocycles. The minimum Gasteiger partial charge on any atom is -0.492 e. The van der Waals surface area contributed by atoms with Crippen molar-refractivity contribution in [1.29, 1.82) is 0 Å². The summed E-state index contributed by atoms with van der Waals surface area (Å²) in [4.78, 5) is 0. The van der Waals surface area contributed by atoms with Gasteiger partial charge in [0.25, 0.3) is 0 Å². The van der Waals surface area contributed by atoms with Crippen molar-refractivity contribution in [2.45, 2.75) is 13.0 Å². The molecule has 0 bridgehead atoms. The molecular weight excluding hydrogens is 216 g/mol. The van der Waals surface area contributed by atoms with Crippen molar-refractivity contribution in [2.24, 2.45) is 0 Å². The lowest BCUT2D eigenvalue weighted by atomic mass is 10.3. The third-order valence-electron chi connectivity index (χ3n) is 2.06. The normalized spacial score (nSPS) is 12.5. The highest BCUT2D eigenvalue weighted by atomic mass is 19.2. The number of rotatable bonds is 6. The second kappa shape index (κ2) is 6.40. The summed E-state index contributed by atoms with van der Waals surface area (Å²) >= 11 is 0. The Balaban J connectivity index is 2.50. The Morgan fingerprint density at radius 2 is 2.12 bits per heavy atom. The molecule has 0 heterocycles. The number of nitrogens with one attached hydrogen (secondary N) is 1. The third kappa shape index (κ3) is 3.75. The van der Waals surface area contributed by atoms with Gasteiger partial charge in [0.1, 0.15) is 12.4 Å². The number of ether oxygens (including phenoxy) is 1. The minimum atomic E-state index is -0.943. The molecular formula is C11H15F2NO2. The molecule has 0 aliphatic rings. The summed E-state index contributed by atoms with van der Waals surface area (Å²) in [7, 11) is 0. The van der Waals surface area contributed by atoms with Crippen LogP contribution in [0.1, 0.15) is 6.92 Å². The van der Waals surface area contributed by atoms with E-state index in [-0.39, 0.29) is 25.0 Å². The van der Waals surface area contributed by atoms with Gasteiger partial charge in [-0.1, -0.05) is 6.92 Å². The summed E-state index contributed by atoms with van der Waals surface area (Å²) < 4.78 is 30.6. The zero-order chi connectivity index (χ0) is 12.0. The van der Waals surface area contributed by atoms with Crippen molar-refractivity contribution in [2.75, 3.05) is 19.8 Å². The molecule has 3 nitrogen and oxygen atoms in total. The minimum absolute atomic E-state index is 0.0719. The predicted molar refractivity (Wildman–Crippen MR) is 56.4 cm³/mol. The Hall–Kier alpha value is -1.20. The Morgan fingerprint density at radius 3 is 2.69 bits per heavy atom. The number of aliphatic hydroxyl groups excluding tert-OH is 1. The van der Waals surface area contributed by atoms with Gasteiger partial charge in [-0.2, -0.15) is 0 Å². The molecule has 0 aliphatic heterocycles. The van der Waals surface area contributed by atoms with Gasteiger partial charge in [0.2, 0.25) is 0 Å². The first kappa shape index (κ1) is 12.9. The van der Waals surface area contributed by atoms with Crippen molar-refractivity contribution >= 4 is 0 Å². The fourth-order valence-electron chi connectivity index (χ4n) is 1.23. The van der Waals surface area contributed by atoms with Crippen LogP contribution in [0, 0.1) is 11.6 Å². The Morgan fingerprint density at radius 1 is 1.38 bits per heavy atom. The molecule has 90 valence electrons. The lowest BCUT2D eigenvalue weighted by Gasteiger charge is -2.15. The van der Waals surface area contributed by atoms with Crippen molar-refractivity contribution in [3.8, 4) is 5.75 Å². The lowest BCUT2D eigenvalue weighted by Crippen LogP contribution is -2.37. The summed E-state index contributed by atoms with van der Waals surface area (Å²) in [6.07, 6.45) is 0. The lowest BCUT2D eigenvalue weighted by molar-refractivity contribution is 0.184. The van der Waals surface area contributed by atoms with E-state index < -0.39 is 11.6 Å². The van der Waals surface area contributed by atoms with Gasteiger partial charge in [-0.05, 0) is 18.7 Å². The molecule has 0 aromatic heterocycles. The highest BCUT2D eigenvalue weighted by Gasteiger charge is 2.08. The van der Waals surface area contributed by atoms with Crippen LogP contribution in [0.15, 0.2) is 18.2 Å². The zero-order valence-corrected chi connectivity index (χ0v) is 9.04. The van der Waals surface area contributed by atoms with E-state index in [4.69, 9.17) is 9.84 Å². The molecule has 0 spiro atoms. The van der Waals surface area contributed by atoms with Crippen LogP contribution in [0.5, 0.6) is 5.75 Å². The summed E-state index contributed by atoms with van der Waals surface area (Å²) in [5, 5.41) is 11.9. The molecule has 5 heteroatoms. The Bertz CT molecular complexity index is 334. The Kier molecular flexibility index (Phi) is 5.14. The van der Waals surface area contributed by atoms with E-state index in [0.717, 1.165) is 12.1 Å². The number of aliphatic hydroxyl groups is 1. The van der Waals surface area contributed by atoms with E-state index in [1.807, 2.05) is 6.92 Å². The molecule has 0 saturated heterocycles. The molecule has 1 atom stereocenters. The topological polar surface area (TPSA) is 41.5 Å². The molecule has 0 radical (unpaired) electrons. The zero-order valence-electron chi connectivity index (χ0n) is 9.04. The van der Waals surface area contributed by atoms with E-state index >= 15 is 0 Å². The summed E-state index contributed by atoms with van der Waals surface area (Å²) in [6, 6.07) is 3.12. The number of halogens is 2. The van der Waals surface area contributed by atoms with Gasteiger partial charge < -0.3 is 15.2 Å². The standard InChI is InChI=1S/C11H15F2NO2/c1-2-14-8(6-15)7-16-9-3-4-10(12)11(13)5-9/h3-5,8,14-15H,2,6-7H2,1H3. The maximum Gasteiger partial charge on any atom is 0.162 e. The summed E-state index contributed by atoms with van der Waals surface area (Å²) in [5.74, 6) is -1.60. The van der Waals surface area contributed by atoms with Gasteiger partial charge >= 0.3 is 0 Å². The van der Waals surface area contributed by atoms with Gasteiger partial charge in [-0.3, -0.25) is 0 Å². The van der Waals surface area contributed by atoms with Crippen LogP contribution in [0.3, 0.4) is 0 Å². The van der Waals surface area contributed by atoms with Gasteiger partial charge in [0, 0.05) is 6.07 Å². The number of hydrogen-bond acceptors (Lipinski definition) is 3. The van der Waals surface area contributed by atoms with Crippen LogP contribution < -0.4 is 10.1 Å². The van der Waals surface area contributed by atoms with Gasteiger partial charge in [-0.25, -0.2) is 8.78 Å². The van der Waals surface area contributed by atoms with E-state index in [0.29, 0.717) is 6.54 Å². The van der Waals surface area contributed by atoms with E-state index in [9.17, 15) is 8.78 Å². The molecule has 0 amide bonds. The molecule has 16 heavy (non-hydrogen) atoms. The number of likely N-dealkylation sites (N-methyl/N-ethyl adjacent to an activating group) is 1. The first-order valence-electron chi connectivity index (χ1n) is 5.09. The van der Waals surface area contributed by atoms with Gasteiger partial charge in [0.15, 0.2) is 11.6 Å². The Labute approximate surface area is 93.0 Å². The fraction of sp³-hybridized carbons (Fsp3) is 0.455.